The summed E-state index contributed by atoms with van der Waals surface area (Å²) in [5.74, 6) is -1.23. The van der Waals surface area contributed by atoms with Crippen molar-refractivity contribution in [3.05, 3.63) is 94.5 Å². The number of aryl methyl sites for hydroxylation is 1. The molecule has 2 fully saturated rings. The van der Waals surface area contributed by atoms with E-state index in [9.17, 15) is 27.6 Å². The number of ether oxygens (including phenoxy) is 2. The summed E-state index contributed by atoms with van der Waals surface area (Å²) in [5.41, 5.74) is 7.33. The van der Waals surface area contributed by atoms with E-state index in [0.717, 1.165) is 65.8 Å². The lowest BCUT2D eigenvalue weighted by Crippen LogP contribution is -2.47. The second kappa shape index (κ2) is 17.7. The number of carboxylic acids is 1. The summed E-state index contributed by atoms with van der Waals surface area (Å²) < 4.78 is 44.9. The van der Waals surface area contributed by atoms with Gasteiger partial charge in [0.25, 0.3) is 5.56 Å². The van der Waals surface area contributed by atoms with Crippen LogP contribution in [0.2, 0.25) is 0 Å². The molecule has 0 saturated carbocycles. The van der Waals surface area contributed by atoms with Crippen LogP contribution in [0.25, 0.3) is 22.0 Å². The number of carboxylic acid groups (broad SMARTS) is 1. The number of carbonyl (C=O) groups excluding carboxylic acids is 2. The number of aliphatic carboxylic acids is 1. The molecule has 17 heteroatoms. The van der Waals surface area contributed by atoms with Gasteiger partial charge in [0.15, 0.2) is 0 Å². The fourth-order valence-corrected chi connectivity index (χ4v) is 7.17. The highest BCUT2D eigenvalue weighted by atomic mass is 19.4. The number of nitrogens with zero attached hydrogens (tertiary/aromatic N) is 3. The number of pyridine rings is 1. The van der Waals surface area contributed by atoms with Crippen molar-refractivity contribution in [2.45, 2.75) is 50.9 Å². The highest BCUT2D eigenvalue weighted by molar-refractivity contribution is 6.01. The van der Waals surface area contributed by atoms with Crippen LogP contribution in [0.4, 0.5) is 30.2 Å². The quantitative estimate of drug-likeness (QED) is 0.101. The summed E-state index contributed by atoms with van der Waals surface area (Å²) in [6.07, 6.45) is 2.55. The number of carbonyl (C=O) groups is 3. The van der Waals surface area contributed by atoms with Crippen LogP contribution in [0, 0.1) is 5.92 Å². The van der Waals surface area contributed by atoms with Gasteiger partial charge in [-0.25, -0.2) is 4.79 Å². The molecule has 306 valence electrons. The molecule has 2 saturated heterocycles. The highest BCUT2D eigenvalue weighted by Crippen LogP contribution is 2.37. The van der Waals surface area contributed by atoms with E-state index in [-0.39, 0.29) is 23.4 Å². The topological polar surface area (TPSA) is 180 Å². The first kappa shape index (κ1) is 41.1. The van der Waals surface area contributed by atoms with Crippen molar-refractivity contribution in [1.82, 2.24) is 20.1 Å². The maximum Gasteiger partial charge on any atom is 0.490 e. The maximum atomic E-state index is 12.6. The minimum absolute atomic E-state index is 0.135. The smallest absolute Gasteiger partial charge is 0.490 e. The average molecular weight is 804 g/mol. The Morgan fingerprint density at radius 2 is 1.57 bits per heavy atom. The van der Waals surface area contributed by atoms with Gasteiger partial charge in [-0.2, -0.15) is 18.3 Å². The summed E-state index contributed by atoms with van der Waals surface area (Å²) in [6.45, 7) is 2.51. The fraction of sp³-hybridized carbons (Fsp3) is 0.341. The van der Waals surface area contributed by atoms with Crippen LogP contribution in [0.5, 0.6) is 11.5 Å². The number of amides is 2. The zero-order chi connectivity index (χ0) is 41.6. The van der Waals surface area contributed by atoms with Crippen molar-refractivity contribution >= 4 is 45.7 Å². The van der Waals surface area contributed by atoms with Gasteiger partial charge in [0.2, 0.25) is 11.8 Å². The predicted molar refractivity (Wildman–Crippen MR) is 212 cm³/mol. The van der Waals surface area contributed by atoms with Crippen LogP contribution in [-0.4, -0.2) is 77.2 Å². The van der Waals surface area contributed by atoms with Gasteiger partial charge in [-0.1, -0.05) is 12.1 Å². The predicted octanol–water partition coefficient (Wildman–Crippen LogP) is 5.87. The number of fused-ring (bicyclic) bond motifs is 1. The van der Waals surface area contributed by atoms with Crippen LogP contribution in [0.1, 0.15) is 36.8 Å². The van der Waals surface area contributed by atoms with Crippen LogP contribution in [0.3, 0.4) is 0 Å². The third-order valence-electron chi connectivity index (χ3n) is 10.3. The van der Waals surface area contributed by atoms with Crippen LogP contribution in [-0.2, 0) is 34.4 Å². The van der Waals surface area contributed by atoms with Gasteiger partial charge in [0.1, 0.15) is 23.1 Å². The van der Waals surface area contributed by atoms with Crippen LogP contribution in [0.15, 0.2) is 77.9 Å². The summed E-state index contributed by atoms with van der Waals surface area (Å²) >= 11 is 0. The number of aromatic amines is 1. The number of hydrogen-bond donors (Lipinski definition) is 5. The van der Waals surface area contributed by atoms with Gasteiger partial charge in [0.05, 0.1) is 26.0 Å². The minimum atomic E-state index is -5.08. The van der Waals surface area contributed by atoms with E-state index in [1.165, 1.54) is 11.3 Å². The van der Waals surface area contributed by atoms with Crippen molar-refractivity contribution in [1.29, 1.82) is 0 Å². The molecule has 7 rings (SSSR count). The number of H-pyrrole nitrogens is 1. The zero-order valence-corrected chi connectivity index (χ0v) is 32.1. The molecule has 1 unspecified atom stereocenters. The molecule has 0 aliphatic carbocycles. The number of methoxy groups -OCH3 is 2. The lowest BCUT2D eigenvalue weighted by atomic mass is 9.90. The largest absolute Gasteiger partial charge is 0.496 e. The van der Waals surface area contributed by atoms with E-state index in [0.29, 0.717) is 42.3 Å². The molecule has 2 aliphatic heterocycles. The normalized spacial score (nSPS) is 16.0. The van der Waals surface area contributed by atoms with E-state index in [1.807, 2.05) is 30.5 Å². The third-order valence-corrected chi connectivity index (χ3v) is 10.3. The molecule has 2 aliphatic rings. The first-order valence-electron chi connectivity index (χ1n) is 18.6. The summed E-state index contributed by atoms with van der Waals surface area (Å²) in [6, 6.07) is 20.4. The Morgan fingerprint density at radius 1 is 0.948 bits per heavy atom. The minimum Gasteiger partial charge on any atom is -0.496 e. The highest BCUT2D eigenvalue weighted by Gasteiger charge is 2.38. The van der Waals surface area contributed by atoms with Crippen molar-refractivity contribution in [3.63, 3.8) is 0 Å². The monoisotopic (exact) mass is 803 g/mol. The molecule has 4 heterocycles. The van der Waals surface area contributed by atoms with Crippen molar-refractivity contribution < 1.29 is 42.1 Å². The number of hydrogen-bond acceptors (Lipinski definition) is 10. The van der Waals surface area contributed by atoms with E-state index in [2.05, 4.69) is 67.4 Å². The number of imide groups is 1. The average Bonchev–Trinajstić information content (AvgIpc) is 3.71. The summed E-state index contributed by atoms with van der Waals surface area (Å²) in [7, 11) is 5.02. The first-order valence-corrected chi connectivity index (χ1v) is 18.6. The molecular weight excluding hydrogens is 759 g/mol. The first-order chi connectivity index (χ1) is 27.7. The van der Waals surface area contributed by atoms with Crippen LogP contribution >= 0.6 is 0 Å². The number of halogens is 3. The molecule has 14 nitrogen and oxygen atoms in total. The van der Waals surface area contributed by atoms with E-state index in [1.54, 1.807) is 32.0 Å². The van der Waals surface area contributed by atoms with E-state index in [4.69, 9.17) is 19.4 Å². The SMILES string of the molecule is COc1cc(-c2cn(C)c(=O)c3[nH]ncc23)cc(OC)c1CNc1ccc(CC2CCN(c3ccc(NC4CCC(=O)NC4=O)cc3)CC2)cc1.O=C(O)C(F)(F)F. The lowest BCUT2D eigenvalue weighted by Gasteiger charge is -2.34. The van der Waals surface area contributed by atoms with Crippen molar-refractivity contribution in [2.24, 2.45) is 13.0 Å². The Labute approximate surface area is 331 Å². The van der Waals surface area contributed by atoms with Gasteiger partial charge < -0.3 is 34.7 Å². The number of rotatable bonds is 11. The molecule has 2 amide bonds. The Bertz CT molecular complexity index is 2290. The number of nitrogens with one attached hydrogen (secondary N) is 4. The zero-order valence-electron chi connectivity index (χ0n) is 32.1. The van der Waals surface area contributed by atoms with Gasteiger partial charge in [-0.05, 0) is 91.3 Å². The van der Waals surface area contributed by atoms with Crippen LogP contribution < -0.4 is 35.9 Å². The van der Waals surface area contributed by atoms with Gasteiger partial charge in [-0.3, -0.25) is 24.8 Å². The fourth-order valence-electron chi connectivity index (χ4n) is 7.17. The summed E-state index contributed by atoms with van der Waals surface area (Å²) in [5, 5.41) is 24.0. The molecule has 3 aromatic carbocycles. The van der Waals surface area contributed by atoms with E-state index >= 15 is 0 Å². The van der Waals surface area contributed by atoms with Gasteiger partial charge >= 0.3 is 12.1 Å². The molecule has 0 radical (unpaired) electrons. The van der Waals surface area contributed by atoms with Crippen molar-refractivity contribution in [3.8, 4) is 22.6 Å². The summed E-state index contributed by atoms with van der Waals surface area (Å²) in [4.78, 5) is 47.4. The Morgan fingerprint density at radius 3 is 2.16 bits per heavy atom. The number of aromatic nitrogens is 3. The lowest BCUT2D eigenvalue weighted by molar-refractivity contribution is -0.192. The Hall–Kier alpha value is -6.52. The van der Waals surface area contributed by atoms with Gasteiger partial charge in [-0.15, -0.1) is 0 Å². The molecule has 5 N–H and O–H groups in total. The number of piperidine rings is 2. The van der Waals surface area contributed by atoms with E-state index < -0.39 is 12.1 Å². The molecule has 2 aromatic heterocycles. The second-order valence-corrected chi connectivity index (χ2v) is 14.2. The molecule has 0 bridgehead atoms. The Kier molecular flexibility index (Phi) is 12.6. The standard InChI is InChI=1S/C39H43N7O5.C2HF3O2/c1-45-23-32(30-22-41-44-37(30)39(45)49)26-19-34(50-2)31(35(20-26)51-3)21-40-27-6-4-24(5-7-27)18-25-14-16-46(17-15-25)29-10-8-28(9-11-29)42-33-12-13-36(47)43-38(33)48;3-2(4,5)1(6)7/h4-11,19-20,22-23,25,33,40,42H,12-18,21H2,1-3H3,(H,41,44)(H,43,47,48);(H,6,7). The number of anilines is 3. The Balaban J connectivity index is 0.000000743. The molecule has 1 atom stereocenters. The van der Waals surface area contributed by atoms with Crippen molar-refractivity contribution in [2.75, 3.05) is 42.8 Å². The van der Waals surface area contributed by atoms with Gasteiger partial charge in [0, 0.05) is 67.3 Å². The third kappa shape index (κ3) is 9.70. The maximum absolute atomic E-state index is 12.6. The molecular formula is C41H44F3N7O7. The molecule has 0 spiro atoms. The molecule has 5 aromatic rings. The second-order valence-electron chi connectivity index (χ2n) is 14.2. The number of alkyl halides is 3. The molecule has 58 heavy (non-hydrogen) atoms. The number of benzene rings is 3.